The second-order valence-corrected chi connectivity index (χ2v) is 9.66. The van der Waals surface area contributed by atoms with Crippen molar-refractivity contribution in [3.63, 3.8) is 0 Å². The van der Waals surface area contributed by atoms with Gasteiger partial charge in [-0.25, -0.2) is 17.2 Å². The summed E-state index contributed by atoms with van der Waals surface area (Å²) in [5.41, 5.74) is 0.838. The van der Waals surface area contributed by atoms with Gasteiger partial charge in [0.05, 0.1) is 15.6 Å². The molecule has 0 fully saturated rings. The molecule has 172 valence electrons. The van der Waals surface area contributed by atoms with E-state index in [1.165, 1.54) is 42.5 Å². The molecule has 0 saturated carbocycles. The summed E-state index contributed by atoms with van der Waals surface area (Å²) < 4.78 is 50.3. The minimum Gasteiger partial charge on any atom is -0.326 e. The van der Waals surface area contributed by atoms with Gasteiger partial charge in [-0.1, -0.05) is 17.7 Å². The van der Waals surface area contributed by atoms with E-state index in [0.29, 0.717) is 5.69 Å². The fourth-order valence-electron chi connectivity index (χ4n) is 2.96. The summed E-state index contributed by atoms with van der Waals surface area (Å²) in [5.74, 6) is -2.16. The number of anilines is 2. The van der Waals surface area contributed by atoms with Gasteiger partial charge in [-0.05, 0) is 66.6 Å². The molecule has 33 heavy (non-hydrogen) atoms. The molecule has 2 amide bonds. The summed E-state index contributed by atoms with van der Waals surface area (Å²) >= 11 is 6.21. The summed E-state index contributed by atoms with van der Waals surface area (Å²) in [5, 5.41) is 5.33. The predicted molar refractivity (Wildman–Crippen MR) is 122 cm³/mol. The van der Waals surface area contributed by atoms with E-state index in [-0.39, 0.29) is 39.6 Å². The van der Waals surface area contributed by atoms with Gasteiger partial charge in [0.2, 0.25) is 5.91 Å². The average molecular weight is 493 g/mol. The van der Waals surface area contributed by atoms with Crippen LogP contribution in [0, 0.1) is 11.6 Å². The first-order valence-electron chi connectivity index (χ1n) is 9.68. The number of benzene rings is 3. The van der Waals surface area contributed by atoms with Crippen molar-refractivity contribution in [3.8, 4) is 0 Å². The van der Waals surface area contributed by atoms with Gasteiger partial charge >= 0.3 is 0 Å². The van der Waals surface area contributed by atoms with Crippen molar-refractivity contribution >= 4 is 44.6 Å². The molecule has 6 nitrogen and oxygen atoms in total. The van der Waals surface area contributed by atoms with Gasteiger partial charge in [0.1, 0.15) is 11.6 Å². The van der Waals surface area contributed by atoms with Crippen LogP contribution >= 0.6 is 11.6 Å². The highest BCUT2D eigenvalue weighted by atomic mass is 35.5. The summed E-state index contributed by atoms with van der Waals surface area (Å²) in [6, 6.07) is 13.0. The zero-order valence-corrected chi connectivity index (χ0v) is 18.9. The molecule has 10 heteroatoms. The Kier molecular flexibility index (Phi) is 7.45. The van der Waals surface area contributed by atoms with Crippen LogP contribution in [0.3, 0.4) is 0 Å². The molecule has 0 saturated heterocycles. The van der Waals surface area contributed by atoms with Crippen LogP contribution in [0.25, 0.3) is 0 Å². The van der Waals surface area contributed by atoms with Crippen molar-refractivity contribution in [1.29, 1.82) is 0 Å². The maximum Gasteiger partial charge on any atom is 0.255 e. The molecule has 0 spiro atoms. The monoisotopic (exact) mass is 492 g/mol. The lowest BCUT2D eigenvalue weighted by Gasteiger charge is -2.11. The SMILES string of the molecule is CS(=O)(=O)c1cccc(C(=O)Nc2ccc(NC(=O)CCc3cc(F)ccc3F)cc2Cl)c1. The van der Waals surface area contributed by atoms with Crippen molar-refractivity contribution in [2.45, 2.75) is 17.7 Å². The third-order valence-corrected chi connectivity index (χ3v) is 6.08. The first-order chi connectivity index (χ1) is 15.5. The van der Waals surface area contributed by atoms with Crippen LogP contribution in [-0.2, 0) is 21.1 Å². The molecule has 0 unspecified atom stereocenters. The lowest BCUT2D eigenvalue weighted by molar-refractivity contribution is -0.116. The summed E-state index contributed by atoms with van der Waals surface area (Å²) in [7, 11) is -3.47. The maximum atomic E-state index is 13.7. The lowest BCUT2D eigenvalue weighted by Crippen LogP contribution is -2.14. The fraction of sp³-hybridized carbons (Fsp3) is 0.130. The molecule has 0 atom stereocenters. The van der Waals surface area contributed by atoms with Crippen LogP contribution in [-0.4, -0.2) is 26.5 Å². The number of hydrogen-bond donors (Lipinski definition) is 2. The predicted octanol–water partition coefficient (Wildman–Crippen LogP) is 4.85. The summed E-state index contributed by atoms with van der Waals surface area (Å²) in [6.45, 7) is 0. The van der Waals surface area contributed by atoms with Gasteiger partial charge in [0.25, 0.3) is 5.91 Å². The number of halogens is 3. The molecule has 0 aliphatic rings. The third-order valence-electron chi connectivity index (χ3n) is 4.65. The molecular formula is C23H19ClF2N2O4S. The van der Waals surface area contributed by atoms with Crippen LogP contribution < -0.4 is 10.6 Å². The van der Waals surface area contributed by atoms with Crippen molar-refractivity contribution < 1.29 is 26.8 Å². The van der Waals surface area contributed by atoms with Gasteiger partial charge in [0, 0.05) is 23.9 Å². The van der Waals surface area contributed by atoms with Gasteiger partial charge in [-0.2, -0.15) is 0 Å². The Bertz CT molecular complexity index is 1330. The molecule has 3 rings (SSSR count). The molecular weight excluding hydrogens is 474 g/mol. The first kappa shape index (κ1) is 24.3. The Hall–Kier alpha value is -3.30. The largest absolute Gasteiger partial charge is 0.326 e. The highest BCUT2D eigenvalue weighted by Crippen LogP contribution is 2.26. The number of carbonyl (C=O) groups is 2. The molecule has 3 aromatic rings. The second-order valence-electron chi connectivity index (χ2n) is 7.23. The number of aryl methyl sites for hydroxylation is 1. The minimum absolute atomic E-state index is 0.0115. The molecule has 2 N–H and O–H groups in total. The number of rotatable bonds is 7. The highest BCUT2D eigenvalue weighted by Gasteiger charge is 2.14. The van der Waals surface area contributed by atoms with Crippen LogP contribution in [0.4, 0.5) is 20.2 Å². The van der Waals surface area contributed by atoms with Gasteiger partial charge in [-0.3, -0.25) is 9.59 Å². The lowest BCUT2D eigenvalue weighted by atomic mass is 10.1. The zero-order chi connectivity index (χ0) is 24.2. The molecule has 0 bridgehead atoms. The van der Waals surface area contributed by atoms with E-state index >= 15 is 0 Å². The minimum atomic E-state index is -3.47. The van der Waals surface area contributed by atoms with E-state index in [2.05, 4.69) is 10.6 Å². The Balaban J connectivity index is 1.63. The Labute approximate surface area is 194 Å². The van der Waals surface area contributed by atoms with E-state index in [1.807, 2.05) is 0 Å². The zero-order valence-electron chi connectivity index (χ0n) is 17.4. The van der Waals surface area contributed by atoms with Crippen molar-refractivity contribution in [3.05, 3.63) is 88.4 Å². The normalized spacial score (nSPS) is 11.2. The number of sulfone groups is 1. The Morgan fingerprint density at radius 3 is 2.42 bits per heavy atom. The average Bonchev–Trinajstić information content (AvgIpc) is 2.75. The topological polar surface area (TPSA) is 92.3 Å². The van der Waals surface area contributed by atoms with Crippen molar-refractivity contribution in [2.75, 3.05) is 16.9 Å². The number of amides is 2. The molecule has 0 aromatic heterocycles. The smallest absolute Gasteiger partial charge is 0.255 e. The van der Waals surface area contributed by atoms with Crippen LogP contribution in [0.2, 0.25) is 5.02 Å². The van der Waals surface area contributed by atoms with Crippen molar-refractivity contribution in [1.82, 2.24) is 0 Å². The molecule has 0 aliphatic carbocycles. The number of nitrogens with one attached hydrogen (secondary N) is 2. The number of carbonyl (C=O) groups excluding carboxylic acids is 2. The van der Waals surface area contributed by atoms with Gasteiger partial charge < -0.3 is 10.6 Å². The quantitative estimate of drug-likeness (QED) is 0.493. The molecule has 0 heterocycles. The van der Waals surface area contributed by atoms with Crippen LogP contribution in [0.15, 0.2) is 65.6 Å². The summed E-state index contributed by atoms with van der Waals surface area (Å²) in [6.07, 6.45) is 0.986. The summed E-state index contributed by atoms with van der Waals surface area (Å²) in [4.78, 5) is 24.7. The second kappa shape index (κ2) is 10.1. The van der Waals surface area contributed by atoms with E-state index in [9.17, 15) is 26.8 Å². The first-order valence-corrected chi connectivity index (χ1v) is 11.9. The van der Waals surface area contributed by atoms with E-state index in [0.717, 1.165) is 24.5 Å². The van der Waals surface area contributed by atoms with Crippen LogP contribution in [0.5, 0.6) is 0 Å². The van der Waals surface area contributed by atoms with E-state index < -0.39 is 33.3 Å². The third kappa shape index (κ3) is 6.59. The van der Waals surface area contributed by atoms with Crippen LogP contribution in [0.1, 0.15) is 22.3 Å². The van der Waals surface area contributed by atoms with E-state index in [1.54, 1.807) is 0 Å². The number of hydrogen-bond acceptors (Lipinski definition) is 4. The van der Waals surface area contributed by atoms with Crippen molar-refractivity contribution in [2.24, 2.45) is 0 Å². The van der Waals surface area contributed by atoms with Gasteiger partial charge in [-0.15, -0.1) is 0 Å². The molecule has 0 aliphatic heterocycles. The molecule has 3 aromatic carbocycles. The highest BCUT2D eigenvalue weighted by molar-refractivity contribution is 7.90. The van der Waals surface area contributed by atoms with E-state index in [4.69, 9.17) is 11.6 Å². The standard InChI is InChI=1S/C23H19ClF2N2O4S/c1-33(31,32)18-4-2-3-15(12-18)23(30)28-21-9-7-17(13-19(21)24)27-22(29)10-5-14-11-16(25)6-8-20(14)26/h2-4,6-9,11-13H,5,10H2,1H3,(H,27,29)(H,28,30). The van der Waals surface area contributed by atoms with Gasteiger partial charge in [0.15, 0.2) is 9.84 Å². The fourth-order valence-corrected chi connectivity index (χ4v) is 3.86. The molecule has 0 radical (unpaired) electrons. The maximum absolute atomic E-state index is 13.7. The Morgan fingerprint density at radius 1 is 0.970 bits per heavy atom. The Morgan fingerprint density at radius 2 is 1.73 bits per heavy atom.